The SMILES string of the molecule is CNC(=O)/C=C/c1cn(Cc2ccccc2)nc1-c1ccc(C)c(C)c1. The van der Waals surface area contributed by atoms with Crippen LogP contribution in [-0.4, -0.2) is 22.7 Å². The Morgan fingerprint density at radius 2 is 1.88 bits per heavy atom. The lowest BCUT2D eigenvalue weighted by atomic mass is 10.0. The van der Waals surface area contributed by atoms with Gasteiger partial charge in [0.2, 0.25) is 5.91 Å². The lowest BCUT2D eigenvalue weighted by molar-refractivity contribution is -0.115. The van der Waals surface area contributed by atoms with Crippen LogP contribution in [0.3, 0.4) is 0 Å². The largest absolute Gasteiger partial charge is 0.356 e. The van der Waals surface area contributed by atoms with Crippen LogP contribution < -0.4 is 5.32 Å². The van der Waals surface area contributed by atoms with E-state index in [4.69, 9.17) is 5.10 Å². The predicted molar refractivity (Wildman–Crippen MR) is 106 cm³/mol. The van der Waals surface area contributed by atoms with E-state index in [1.54, 1.807) is 7.05 Å². The Morgan fingerprint density at radius 3 is 2.58 bits per heavy atom. The molecule has 0 unspecified atom stereocenters. The molecule has 4 heteroatoms. The first-order valence-electron chi connectivity index (χ1n) is 8.65. The molecule has 3 rings (SSSR count). The minimum Gasteiger partial charge on any atom is -0.356 e. The van der Waals surface area contributed by atoms with Crippen LogP contribution in [0.5, 0.6) is 0 Å². The lowest BCUT2D eigenvalue weighted by Gasteiger charge is -2.04. The van der Waals surface area contributed by atoms with Gasteiger partial charge in [0.05, 0.1) is 12.2 Å². The zero-order valence-corrected chi connectivity index (χ0v) is 15.4. The average molecular weight is 345 g/mol. The van der Waals surface area contributed by atoms with Crippen molar-refractivity contribution in [2.75, 3.05) is 7.05 Å². The predicted octanol–water partition coefficient (Wildman–Crippen LogP) is 3.97. The van der Waals surface area contributed by atoms with Gasteiger partial charge < -0.3 is 5.32 Å². The molecule has 4 nitrogen and oxygen atoms in total. The quantitative estimate of drug-likeness (QED) is 0.711. The van der Waals surface area contributed by atoms with Crippen molar-refractivity contribution in [1.82, 2.24) is 15.1 Å². The molecule has 1 amide bonds. The van der Waals surface area contributed by atoms with E-state index in [1.165, 1.54) is 22.8 Å². The molecule has 0 bridgehead atoms. The van der Waals surface area contributed by atoms with E-state index in [1.807, 2.05) is 35.2 Å². The monoisotopic (exact) mass is 345 g/mol. The van der Waals surface area contributed by atoms with Gasteiger partial charge in [0.15, 0.2) is 0 Å². The topological polar surface area (TPSA) is 46.9 Å². The highest BCUT2D eigenvalue weighted by Crippen LogP contribution is 2.25. The van der Waals surface area contributed by atoms with Gasteiger partial charge in [-0.1, -0.05) is 42.5 Å². The molecule has 26 heavy (non-hydrogen) atoms. The fourth-order valence-corrected chi connectivity index (χ4v) is 2.77. The van der Waals surface area contributed by atoms with Crippen LogP contribution in [0, 0.1) is 13.8 Å². The van der Waals surface area contributed by atoms with E-state index in [0.717, 1.165) is 16.8 Å². The van der Waals surface area contributed by atoms with Crippen LogP contribution in [0.4, 0.5) is 0 Å². The molecule has 0 saturated heterocycles. The van der Waals surface area contributed by atoms with Gasteiger partial charge in [0.1, 0.15) is 0 Å². The Kier molecular flexibility index (Phi) is 5.32. The van der Waals surface area contributed by atoms with Crippen molar-refractivity contribution in [2.45, 2.75) is 20.4 Å². The maximum absolute atomic E-state index is 11.6. The normalized spacial score (nSPS) is 11.0. The summed E-state index contributed by atoms with van der Waals surface area (Å²) in [4.78, 5) is 11.6. The minimum atomic E-state index is -0.133. The van der Waals surface area contributed by atoms with Crippen LogP contribution in [0.25, 0.3) is 17.3 Å². The summed E-state index contributed by atoms with van der Waals surface area (Å²) < 4.78 is 1.92. The van der Waals surface area contributed by atoms with Gasteiger partial charge in [0, 0.05) is 30.4 Å². The molecule has 0 aliphatic carbocycles. The Labute approximate surface area is 154 Å². The number of aryl methyl sites for hydroxylation is 2. The van der Waals surface area contributed by atoms with Gasteiger partial charge in [-0.2, -0.15) is 5.10 Å². The van der Waals surface area contributed by atoms with Crippen molar-refractivity contribution in [3.05, 3.63) is 83.1 Å². The number of hydrogen-bond donors (Lipinski definition) is 1. The number of hydrogen-bond acceptors (Lipinski definition) is 2. The second-order valence-electron chi connectivity index (χ2n) is 6.36. The summed E-state index contributed by atoms with van der Waals surface area (Å²) >= 11 is 0. The third kappa shape index (κ3) is 4.09. The van der Waals surface area contributed by atoms with Gasteiger partial charge in [-0.05, 0) is 42.7 Å². The summed E-state index contributed by atoms with van der Waals surface area (Å²) in [6.45, 7) is 4.88. The van der Waals surface area contributed by atoms with Gasteiger partial charge >= 0.3 is 0 Å². The number of likely N-dealkylation sites (N-methyl/N-ethyl adjacent to an activating group) is 1. The zero-order chi connectivity index (χ0) is 18.5. The van der Waals surface area contributed by atoms with E-state index in [-0.39, 0.29) is 5.91 Å². The Hall–Kier alpha value is -3.14. The van der Waals surface area contributed by atoms with Crippen molar-refractivity contribution >= 4 is 12.0 Å². The molecular weight excluding hydrogens is 322 g/mol. The summed E-state index contributed by atoms with van der Waals surface area (Å²) in [6.07, 6.45) is 5.34. The summed E-state index contributed by atoms with van der Waals surface area (Å²) in [5.74, 6) is -0.133. The Morgan fingerprint density at radius 1 is 1.12 bits per heavy atom. The standard InChI is InChI=1S/C22H23N3O/c1-16-9-10-19(13-17(16)2)22-20(11-12-21(26)23-3)15-25(24-22)14-18-7-5-4-6-8-18/h4-13,15H,14H2,1-3H3,(H,23,26)/b12-11+. The number of benzene rings is 2. The van der Waals surface area contributed by atoms with Crippen LogP contribution in [0.1, 0.15) is 22.3 Å². The zero-order valence-electron chi connectivity index (χ0n) is 15.4. The number of carbonyl (C=O) groups is 1. The maximum Gasteiger partial charge on any atom is 0.243 e. The fourth-order valence-electron chi connectivity index (χ4n) is 2.77. The molecule has 0 saturated carbocycles. The number of aromatic nitrogens is 2. The third-order valence-electron chi connectivity index (χ3n) is 4.42. The van der Waals surface area contributed by atoms with E-state index in [2.05, 4.69) is 49.5 Å². The number of nitrogens with zero attached hydrogens (tertiary/aromatic N) is 2. The number of nitrogens with one attached hydrogen (secondary N) is 1. The second kappa shape index (κ2) is 7.83. The van der Waals surface area contributed by atoms with Crippen molar-refractivity contribution in [1.29, 1.82) is 0 Å². The fraction of sp³-hybridized carbons (Fsp3) is 0.182. The van der Waals surface area contributed by atoms with Crippen molar-refractivity contribution in [3.63, 3.8) is 0 Å². The molecule has 0 fully saturated rings. The van der Waals surface area contributed by atoms with Gasteiger partial charge in [-0.25, -0.2) is 0 Å². The molecule has 0 aliphatic rings. The first kappa shape index (κ1) is 17.7. The molecule has 3 aromatic rings. The van der Waals surface area contributed by atoms with Crippen LogP contribution in [-0.2, 0) is 11.3 Å². The molecule has 1 N–H and O–H groups in total. The van der Waals surface area contributed by atoms with E-state index >= 15 is 0 Å². The molecule has 1 heterocycles. The molecule has 132 valence electrons. The van der Waals surface area contributed by atoms with Crippen molar-refractivity contribution < 1.29 is 4.79 Å². The molecule has 0 spiro atoms. The summed E-state index contributed by atoms with van der Waals surface area (Å²) in [5, 5.41) is 7.39. The van der Waals surface area contributed by atoms with Crippen LogP contribution >= 0.6 is 0 Å². The van der Waals surface area contributed by atoms with Crippen molar-refractivity contribution in [3.8, 4) is 11.3 Å². The Balaban J connectivity index is 2.00. The summed E-state index contributed by atoms with van der Waals surface area (Å²) in [5.41, 5.74) is 6.51. The molecule has 2 aromatic carbocycles. The van der Waals surface area contributed by atoms with E-state index in [0.29, 0.717) is 6.54 Å². The van der Waals surface area contributed by atoms with Crippen LogP contribution in [0.2, 0.25) is 0 Å². The first-order valence-corrected chi connectivity index (χ1v) is 8.65. The number of rotatable bonds is 5. The van der Waals surface area contributed by atoms with Crippen molar-refractivity contribution in [2.24, 2.45) is 0 Å². The highest BCUT2D eigenvalue weighted by Gasteiger charge is 2.11. The molecule has 1 aromatic heterocycles. The smallest absolute Gasteiger partial charge is 0.243 e. The van der Waals surface area contributed by atoms with Crippen LogP contribution in [0.15, 0.2) is 60.8 Å². The first-order chi connectivity index (χ1) is 12.6. The highest BCUT2D eigenvalue weighted by atomic mass is 16.1. The summed E-state index contributed by atoms with van der Waals surface area (Å²) in [6, 6.07) is 16.5. The second-order valence-corrected chi connectivity index (χ2v) is 6.36. The highest BCUT2D eigenvalue weighted by molar-refractivity contribution is 5.92. The molecule has 0 radical (unpaired) electrons. The molecular formula is C22H23N3O. The van der Waals surface area contributed by atoms with Gasteiger partial charge in [0.25, 0.3) is 0 Å². The third-order valence-corrected chi connectivity index (χ3v) is 4.42. The molecule has 0 atom stereocenters. The minimum absolute atomic E-state index is 0.133. The maximum atomic E-state index is 11.6. The van der Waals surface area contributed by atoms with E-state index in [9.17, 15) is 4.79 Å². The Bertz CT molecular complexity index is 939. The molecule has 0 aliphatic heterocycles. The average Bonchev–Trinajstić information content (AvgIpc) is 3.05. The number of carbonyl (C=O) groups excluding carboxylic acids is 1. The lowest BCUT2D eigenvalue weighted by Crippen LogP contribution is -2.13. The number of amides is 1. The summed E-state index contributed by atoms with van der Waals surface area (Å²) in [7, 11) is 1.62. The van der Waals surface area contributed by atoms with E-state index < -0.39 is 0 Å². The van der Waals surface area contributed by atoms with Gasteiger partial charge in [-0.3, -0.25) is 9.48 Å². The van der Waals surface area contributed by atoms with Gasteiger partial charge in [-0.15, -0.1) is 0 Å².